The van der Waals surface area contributed by atoms with E-state index < -0.39 is 0 Å². The Hall–Kier alpha value is -3.26. The molecule has 154 valence electrons. The summed E-state index contributed by atoms with van der Waals surface area (Å²) in [4.78, 5) is 17.7. The number of pyridine rings is 1. The quantitative estimate of drug-likeness (QED) is 0.668. The molecule has 2 aromatic heterocycles. The van der Waals surface area contributed by atoms with Crippen molar-refractivity contribution in [2.45, 2.75) is 31.7 Å². The Balaban J connectivity index is 1.51. The van der Waals surface area contributed by atoms with E-state index in [4.69, 9.17) is 9.47 Å². The largest absolute Gasteiger partial charge is 0.493 e. The van der Waals surface area contributed by atoms with Crippen LogP contribution in [0, 0.1) is 0 Å². The predicted molar refractivity (Wildman–Crippen MR) is 111 cm³/mol. The van der Waals surface area contributed by atoms with E-state index >= 15 is 0 Å². The SMILES string of the molecule is O=C1Nc2cccc(n2)-c2nncn2CCCCOc2ccc(C3CCOC3)cc21. The molecule has 2 aliphatic rings. The first kappa shape index (κ1) is 18.7. The van der Waals surface area contributed by atoms with E-state index in [1.165, 1.54) is 0 Å². The minimum Gasteiger partial charge on any atom is -0.493 e. The third-order valence-electron chi connectivity index (χ3n) is 5.54. The lowest BCUT2D eigenvalue weighted by atomic mass is 9.96. The Morgan fingerprint density at radius 1 is 1.13 bits per heavy atom. The molecule has 4 heterocycles. The minimum atomic E-state index is -0.242. The van der Waals surface area contributed by atoms with Gasteiger partial charge in [-0.1, -0.05) is 12.1 Å². The Morgan fingerprint density at radius 2 is 2.10 bits per heavy atom. The van der Waals surface area contributed by atoms with Gasteiger partial charge in [0.15, 0.2) is 5.82 Å². The zero-order chi connectivity index (χ0) is 20.3. The fourth-order valence-electron chi connectivity index (χ4n) is 3.90. The van der Waals surface area contributed by atoms with Crippen LogP contribution >= 0.6 is 0 Å². The molecule has 0 radical (unpaired) electrons. The molecule has 1 saturated heterocycles. The van der Waals surface area contributed by atoms with Gasteiger partial charge in [0.1, 0.15) is 23.6 Å². The van der Waals surface area contributed by atoms with Crippen LogP contribution in [-0.2, 0) is 11.3 Å². The van der Waals surface area contributed by atoms with E-state index in [1.807, 2.05) is 34.9 Å². The molecule has 1 fully saturated rings. The molecule has 30 heavy (non-hydrogen) atoms. The summed E-state index contributed by atoms with van der Waals surface area (Å²) < 4.78 is 13.5. The Labute approximate surface area is 174 Å². The minimum absolute atomic E-state index is 0.242. The molecule has 1 aromatic carbocycles. The van der Waals surface area contributed by atoms with Crippen LogP contribution in [0.15, 0.2) is 42.7 Å². The highest BCUT2D eigenvalue weighted by molar-refractivity contribution is 6.06. The molecule has 8 nitrogen and oxygen atoms in total. The fourth-order valence-corrected chi connectivity index (χ4v) is 3.90. The van der Waals surface area contributed by atoms with Gasteiger partial charge >= 0.3 is 0 Å². The highest BCUT2D eigenvalue weighted by atomic mass is 16.5. The molecule has 8 heteroatoms. The number of rotatable bonds is 1. The Morgan fingerprint density at radius 3 is 3.00 bits per heavy atom. The van der Waals surface area contributed by atoms with Crippen LogP contribution in [-0.4, -0.2) is 45.5 Å². The number of nitrogens with one attached hydrogen (secondary N) is 1. The first-order chi connectivity index (χ1) is 14.8. The summed E-state index contributed by atoms with van der Waals surface area (Å²) in [5, 5.41) is 11.1. The number of amides is 1. The molecule has 1 N–H and O–H groups in total. The molecule has 0 saturated carbocycles. The second-order valence-electron chi connectivity index (χ2n) is 7.58. The standard InChI is InChI=1S/C22H23N5O3/c28-22-17-12-15(16-8-11-29-13-16)6-7-19(17)30-10-2-1-9-27-14-23-26-21(27)18-4-3-5-20(24-18)25-22/h3-7,12,14,16H,1-2,8-11,13H2,(H,24,25,28). The van der Waals surface area contributed by atoms with E-state index in [0.717, 1.165) is 38.0 Å². The topological polar surface area (TPSA) is 91.2 Å². The molecule has 1 unspecified atom stereocenters. The summed E-state index contributed by atoms with van der Waals surface area (Å²) in [6.07, 6.45) is 4.43. The Bertz CT molecular complexity index is 1060. The summed E-state index contributed by atoms with van der Waals surface area (Å²) in [5.41, 5.74) is 2.29. The monoisotopic (exact) mass is 405 g/mol. The average molecular weight is 405 g/mol. The van der Waals surface area contributed by atoms with Crippen LogP contribution in [0.1, 0.15) is 41.1 Å². The number of carbonyl (C=O) groups is 1. The number of hydrogen-bond acceptors (Lipinski definition) is 6. The summed E-state index contributed by atoms with van der Waals surface area (Å²) >= 11 is 0. The molecule has 1 atom stereocenters. The first-order valence-electron chi connectivity index (χ1n) is 10.3. The van der Waals surface area contributed by atoms with E-state index in [-0.39, 0.29) is 5.91 Å². The van der Waals surface area contributed by atoms with Gasteiger partial charge in [0.2, 0.25) is 0 Å². The molecule has 2 bridgehead atoms. The second-order valence-corrected chi connectivity index (χ2v) is 7.58. The smallest absolute Gasteiger partial charge is 0.260 e. The van der Waals surface area contributed by atoms with E-state index in [0.29, 0.717) is 47.8 Å². The van der Waals surface area contributed by atoms with Crippen LogP contribution < -0.4 is 10.1 Å². The Kier molecular flexibility index (Phi) is 5.15. The van der Waals surface area contributed by atoms with Gasteiger partial charge < -0.3 is 19.4 Å². The van der Waals surface area contributed by atoms with Gasteiger partial charge in [-0.3, -0.25) is 4.79 Å². The van der Waals surface area contributed by atoms with Crippen molar-refractivity contribution in [2.75, 3.05) is 25.1 Å². The van der Waals surface area contributed by atoms with Crippen molar-refractivity contribution in [3.8, 4) is 17.3 Å². The lowest BCUT2D eigenvalue weighted by Crippen LogP contribution is -2.16. The summed E-state index contributed by atoms with van der Waals surface area (Å²) in [6, 6.07) is 11.4. The zero-order valence-corrected chi connectivity index (χ0v) is 16.6. The van der Waals surface area contributed by atoms with Crippen LogP contribution in [0.3, 0.4) is 0 Å². The number of aromatic nitrogens is 4. The molecule has 1 amide bonds. The normalized spacial score (nSPS) is 19.2. The number of ether oxygens (including phenoxy) is 2. The molecule has 2 aliphatic heterocycles. The number of hydrogen-bond donors (Lipinski definition) is 1. The van der Waals surface area contributed by atoms with E-state index in [2.05, 4.69) is 20.5 Å². The molecular weight excluding hydrogens is 382 g/mol. The number of carbonyl (C=O) groups excluding carboxylic acids is 1. The molecule has 0 spiro atoms. The van der Waals surface area contributed by atoms with Crippen LogP contribution in [0.2, 0.25) is 0 Å². The summed E-state index contributed by atoms with van der Waals surface area (Å²) in [6.45, 7) is 2.75. The number of fused-ring (bicyclic) bond motifs is 5. The van der Waals surface area contributed by atoms with Gasteiger partial charge in [0, 0.05) is 19.1 Å². The molecule has 5 rings (SSSR count). The van der Waals surface area contributed by atoms with Gasteiger partial charge in [-0.2, -0.15) is 0 Å². The van der Waals surface area contributed by atoms with E-state index in [9.17, 15) is 4.79 Å². The third-order valence-corrected chi connectivity index (χ3v) is 5.54. The first-order valence-corrected chi connectivity index (χ1v) is 10.3. The van der Waals surface area contributed by atoms with Crippen LogP contribution in [0.4, 0.5) is 5.82 Å². The van der Waals surface area contributed by atoms with Crippen LogP contribution in [0.5, 0.6) is 5.75 Å². The van der Waals surface area contributed by atoms with Crippen molar-refractivity contribution in [3.05, 3.63) is 53.9 Å². The summed E-state index contributed by atoms with van der Waals surface area (Å²) in [7, 11) is 0. The van der Waals surface area contributed by atoms with Gasteiger partial charge in [-0.15, -0.1) is 10.2 Å². The highest BCUT2D eigenvalue weighted by Crippen LogP contribution is 2.30. The lowest BCUT2D eigenvalue weighted by molar-refractivity contribution is 0.102. The van der Waals surface area contributed by atoms with Crippen molar-refractivity contribution in [1.82, 2.24) is 19.7 Å². The van der Waals surface area contributed by atoms with Crippen molar-refractivity contribution in [3.63, 3.8) is 0 Å². The maximum Gasteiger partial charge on any atom is 0.260 e. The number of anilines is 1. The fraction of sp³-hybridized carbons (Fsp3) is 0.364. The van der Waals surface area contributed by atoms with Crippen molar-refractivity contribution in [2.24, 2.45) is 0 Å². The maximum absolute atomic E-state index is 13.1. The molecule has 3 aromatic rings. The molecule has 0 aliphatic carbocycles. The highest BCUT2D eigenvalue weighted by Gasteiger charge is 2.22. The summed E-state index contributed by atoms with van der Waals surface area (Å²) in [5.74, 6) is 1.81. The van der Waals surface area contributed by atoms with Gasteiger partial charge in [-0.05, 0) is 49.1 Å². The number of benzene rings is 1. The zero-order valence-electron chi connectivity index (χ0n) is 16.6. The van der Waals surface area contributed by atoms with Crippen LogP contribution in [0.25, 0.3) is 11.5 Å². The molecular formula is C22H23N5O3. The van der Waals surface area contributed by atoms with E-state index in [1.54, 1.807) is 12.4 Å². The van der Waals surface area contributed by atoms with Crippen molar-refractivity contribution >= 4 is 11.7 Å². The van der Waals surface area contributed by atoms with Gasteiger partial charge in [-0.25, -0.2) is 4.98 Å². The number of nitrogens with zero attached hydrogens (tertiary/aromatic N) is 4. The second kappa shape index (κ2) is 8.23. The van der Waals surface area contributed by atoms with Crippen molar-refractivity contribution in [1.29, 1.82) is 0 Å². The maximum atomic E-state index is 13.1. The lowest BCUT2D eigenvalue weighted by Gasteiger charge is -2.16. The average Bonchev–Trinajstić information content (AvgIpc) is 3.45. The van der Waals surface area contributed by atoms with Gasteiger partial charge in [0.25, 0.3) is 5.91 Å². The third kappa shape index (κ3) is 3.78. The predicted octanol–water partition coefficient (Wildman–Crippen LogP) is 3.27. The van der Waals surface area contributed by atoms with Crippen molar-refractivity contribution < 1.29 is 14.3 Å². The number of aryl methyl sites for hydroxylation is 1. The van der Waals surface area contributed by atoms with Gasteiger partial charge in [0.05, 0.1) is 18.8 Å².